The third-order valence-electron chi connectivity index (χ3n) is 3.40. The van der Waals surface area contributed by atoms with Gasteiger partial charge in [-0.3, -0.25) is 0 Å². The van der Waals surface area contributed by atoms with Crippen LogP contribution < -0.4 is 0 Å². The van der Waals surface area contributed by atoms with Gasteiger partial charge in [0.05, 0.1) is 12.7 Å². The topological polar surface area (TPSA) is 26.3 Å². The number of hydrogen-bond acceptors (Lipinski definition) is 2. The van der Waals surface area contributed by atoms with Gasteiger partial charge in [-0.2, -0.15) is 0 Å². The first-order valence-corrected chi connectivity index (χ1v) is 6.55. The molecule has 3 rings (SSSR count). The molecule has 0 aromatic heterocycles. The molecule has 0 bridgehead atoms. The summed E-state index contributed by atoms with van der Waals surface area (Å²) < 4.78 is 18.4. The molecule has 0 amide bonds. The Labute approximate surface area is 121 Å². The normalized spacial score (nSPS) is 10.6. The van der Waals surface area contributed by atoms with Crippen molar-refractivity contribution in [1.29, 1.82) is 0 Å². The van der Waals surface area contributed by atoms with Gasteiger partial charge in [0.1, 0.15) is 5.82 Å². The van der Waals surface area contributed by atoms with Crippen molar-refractivity contribution in [2.75, 3.05) is 7.11 Å². The van der Waals surface area contributed by atoms with E-state index in [4.69, 9.17) is 0 Å². The number of ether oxygens (including phenoxy) is 1. The van der Waals surface area contributed by atoms with E-state index in [9.17, 15) is 9.18 Å². The zero-order chi connectivity index (χ0) is 14.8. The van der Waals surface area contributed by atoms with Gasteiger partial charge in [0, 0.05) is 0 Å². The highest BCUT2D eigenvalue weighted by atomic mass is 19.1. The van der Waals surface area contributed by atoms with E-state index in [0.717, 1.165) is 16.3 Å². The third-order valence-corrected chi connectivity index (χ3v) is 3.40. The van der Waals surface area contributed by atoms with E-state index in [2.05, 4.69) is 4.74 Å². The van der Waals surface area contributed by atoms with Crippen molar-refractivity contribution in [2.45, 2.75) is 0 Å². The molecule has 0 N–H and O–H groups in total. The van der Waals surface area contributed by atoms with E-state index in [0.29, 0.717) is 5.56 Å². The molecule has 0 aliphatic rings. The van der Waals surface area contributed by atoms with Crippen molar-refractivity contribution in [3.05, 3.63) is 72.0 Å². The largest absolute Gasteiger partial charge is 0.465 e. The highest BCUT2D eigenvalue weighted by molar-refractivity contribution is 5.92. The van der Waals surface area contributed by atoms with E-state index in [-0.39, 0.29) is 5.56 Å². The van der Waals surface area contributed by atoms with Crippen LogP contribution in [0.25, 0.3) is 21.9 Å². The molecule has 0 fully saturated rings. The maximum Gasteiger partial charge on any atom is 0.337 e. The molecule has 104 valence electrons. The number of carbonyl (C=O) groups is 1. The number of rotatable bonds is 2. The van der Waals surface area contributed by atoms with Crippen LogP contribution in [0, 0.1) is 5.82 Å². The molecule has 0 spiro atoms. The zero-order valence-electron chi connectivity index (χ0n) is 11.5. The van der Waals surface area contributed by atoms with Gasteiger partial charge in [-0.15, -0.1) is 0 Å². The summed E-state index contributed by atoms with van der Waals surface area (Å²) >= 11 is 0. The Hall–Kier alpha value is -2.68. The first kappa shape index (κ1) is 13.3. The minimum Gasteiger partial charge on any atom is -0.465 e. The molecule has 0 aliphatic heterocycles. The molecule has 0 atom stereocenters. The van der Waals surface area contributed by atoms with Crippen LogP contribution in [0.15, 0.2) is 60.7 Å². The molecule has 0 heterocycles. The molecule has 3 heteroatoms. The minimum atomic E-state index is -0.545. The van der Waals surface area contributed by atoms with Crippen LogP contribution in [-0.2, 0) is 4.74 Å². The SMILES string of the molecule is COC(=O)c1cc(F)cc(-c2ccc3ccccc3c2)c1. The lowest BCUT2D eigenvalue weighted by molar-refractivity contribution is 0.0600. The molecule has 0 saturated carbocycles. The van der Waals surface area contributed by atoms with E-state index < -0.39 is 11.8 Å². The molecule has 0 radical (unpaired) electrons. The number of halogens is 1. The third kappa shape index (κ3) is 2.63. The summed E-state index contributed by atoms with van der Waals surface area (Å²) in [5, 5.41) is 2.18. The van der Waals surface area contributed by atoms with Crippen LogP contribution in [0.3, 0.4) is 0 Å². The van der Waals surface area contributed by atoms with Crippen molar-refractivity contribution >= 4 is 16.7 Å². The Morgan fingerprint density at radius 1 is 0.905 bits per heavy atom. The second-order valence-electron chi connectivity index (χ2n) is 4.78. The van der Waals surface area contributed by atoms with Gasteiger partial charge in [-0.05, 0) is 46.2 Å². The highest BCUT2D eigenvalue weighted by Gasteiger charge is 2.10. The standard InChI is InChI=1S/C18H13FO2/c1-21-18(20)16-9-15(10-17(19)11-16)14-7-6-12-4-2-3-5-13(12)8-14/h2-11H,1H3. The monoisotopic (exact) mass is 280 g/mol. The molecule has 2 nitrogen and oxygen atoms in total. The fraction of sp³-hybridized carbons (Fsp3) is 0.0556. The smallest absolute Gasteiger partial charge is 0.337 e. The molecule has 0 saturated heterocycles. The van der Waals surface area contributed by atoms with Crippen LogP contribution in [0.2, 0.25) is 0 Å². The van der Waals surface area contributed by atoms with Gasteiger partial charge in [-0.1, -0.05) is 36.4 Å². The van der Waals surface area contributed by atoms with Crippen LogP contribution in [0.1, 0.15) is 10.4 Å². The van der Waals surface area contributed by atoms with Crippen LogP contribution in [-0.4, -0.2) is 13.1 Å². The summed E-state index contributed by atoms with van der Waals surface area (Å²) in [5.74, 6) is -1.00. The molecular formula is C18H13FO2. The Bertz CT molecular complexity index is 824. The Morgan fingerprint density at radius 3 is 2.43 bits per heavy atom. The van der Waals surface area contributed by atoms with Gasteiger partial charge in [0.25, 0.3) is 0 Å². The van der Waals surface area contributed by atoms with Crippen molar-refractivity contribution in [3.8, 4) is 11.1 Å². The number of methoxy groups -OCH3 is 1. The fourth-order valence-electron chi connectivity index (χ4n) is 2.36. The van der Waals surface area contributed by atoms with E-state index >= 15 is 0 Å². The average Bonchev–Trinajstić information content (AvgIpc) is 2.53. The van der Waals surface area contributed by atoms with E-state index in [1.807, 2.05) is 42.5 Å². The molecule has 3 aromatic carbocycles. The van der Waals surface area contributed by atoms with Crippen molar-refractivity contribution in [2.24, 2.45) is 0 Å². The number of hydrogen-bond donors (Lipinski definition) is 0. The second kappa shape index (κ2) is 5.37. The average molecular weight is 280 g/mol. The first-order valence-electron chi connectivity index (χ1n) is 6.55. The lowest BCUT2D eigenvalue weighted by Gasteiger charge is -2.07. The van der Waals surface area contributed by atoms with Crippen molar-refractivity contribution < 1.29 is 13.9 Å². The number of esters is 1. The second-order valence-corrected chi connectivity index (χ2v) is 4.78. The molecule has 0 unspecified atom stereocenters. The fourth-order valence-corrected chi connectivity index (χ4v) is 2.36. The minimum absolute atomic E-state index is 0.209. The number of fused-ring (bicyclic) bond motifs is 1. The van der Waals surface area contributed by atoms with Crippen LogP contribution >= 0.6 is 0 Å². The lowest BCUT2D eigenvalue weighted by atomic mass is 9.99. The Balaban J connectivity index is 2.13. The predicted octanol–water partition coefficient (Wildman–Crippen LogP) is 4.43. The lowest BCUT2D eigenvalue weighted by Crippen LogP contribution is -2.02. The predicted molar refractivity (Wildman–Crippen MR) is 80.7 cm³/mol. The van der Waals surface area contributed by atoms with Gasteiger partial charge >= 0.3 is 5.97 Å². The summed E-state index contributed by atoms with van der Waals surface area (Å²) in [5.41, 5.74) is 1.72. The summed E-state index contributed by atoms with van der Waals surface area (Å²) in [6, 6.07) is 18.0. The number of benzene rings is 3. The van der Waals surface area contributed by atoms with Gasteiger partial charge < -0.3 is 4.74 Å². The van der Waals surface area contributed by atoms with E-state index in [1.54, 1.807) is 6.07 Å². The van der Waals surface area contributed by atoms with E-state index in [1.165, 1.54) is 19.2 Å². The van der Waals surface area contributed by atoms with Crippen LogP contribution in [0.5, 0.6) is 0 Å². The maximum absolute atomic E-state index is 13.7. The zero-order valence-corrected chi connectivity index (χ0v) is 11.5. The Morgan fingerprint density at radius 2 is 1.67 bits per heavy atom. The van der Waals surface area contributed by atoms with Crippen LogP contribution in [0.4, 0.5) is 4.39 Å². The van der Waals surface area contributed by atoms with Gasteiger partial charge in [0.2, 0.25) is 0 Å². The molecule has 0 aliphatic carbocycles. The highest BCUT2D eigenvalue weighted by Crippen LogP contribution is 2.26. The maximum atomic E-state index is 13.7. The summed E-state index contributed by atoms with van der Waals surface area (Å²) in [4.78, 5) is 11.6. The van der Waals surface area contributed by atoms with Crippen molar-refractivity contribution in [3.63, 3.8) is 0 Å². The molecule has 3 aromatic rings. The molecule has 21 heavy (non-hydrogen) atoms. The summed E-state index contributed by atoms with van der Waals surface area (Å²) in [7, 11) is 1.28. The van der Waals surface area contributed by atoms with Gasteiger partial charge in [-0.25, -0.2) is 9.18 Å². The summed E-state index contributed by atoms with van der Waals surface area (Å²) in [6.45, 7) is 0. The molecular weight excluding hydrogens is 267 g/mol. The Kier molecular flexibility index (Phi) is 3.40. The quantitative estimate of drug-likeness (QED) is 0.649. The first-order chi connectivity index (χ1) is 10.2. The van der Waals surface area contributed by atoms with Crippen molar-refractivity contribution in [1.82, 2.24) is 0 Å². The number of carbonyl (C=O) groups excluding carboxylic acids is 1. The van der Waals surface area contributed by atoms with Gasteiger partial charge in [0.15, 0.2) is 0 Å². The summed E-state index contributed by atoms with van der Waals surface area (Å²) in [6.07, 6.45) is 0.